The number of aliphatic carboxylic acids is 1. The Labute approximate surface area is 141 Å². The van der Waals surface area contributed by atoms with E-state index >= 15 is 0 Å². The lowest BCUT2D eigenvalue weighted by Crippen LogP contribution is -2.22. The third-order valence-corrected chi connectivity index (χ3v) is 3.27. The smallest absolute Gasteiger partial charge is 0.326 e. The van der Waals surface area contributed by atoms with Gasteiger partial charge < -0.3 is 15.2 Å². The van der Waals surface area contributed by atoms with Crippen LogP contribution < -0.4 is 15.4 Å². The van der Waals surface area contributed by atoms with E-state index in [1.807, 2.05) is 5.32 Å². The number of imide groups is 1. The molecule has 0 aliphatic carbocycles. The number of hydrogen-bond donors (Lipinski definition) is 3. The Morgan fingerprint density at radius 2 is 2.04 bits per heavy atom. The number of carbonyl (C=O) groups excluding carboxylic acids is 2. The molecule has 1 saturated heterocycles. The number of carboxylic acid groups (broad SMARTS) is 1. The molecule has 132 valence electrons. The quantitative estimate of drug-likeness (QED) is 0.211. The van der Waals surface area contributed by atoms with Crippen LogP contribution in [0.1, 0.15) is 24.8 Å². The number of amides is 3. The van der Waals surface area contributed by atoms with E-state index in [0.29, 0.717) is 18.6 Å². The summed E-state index contributed by atoms with van der Waals surface area (Å²) in [5.41, 5.74) is -0.258. The van der Waals surface area contributed by atoms with Gasteiger partial charge in [0.25, 0.3) is 11.6 Å². The molecule has 1 aromatic rings. The first-order valence-corrected chi connectivity index (χ1v) is 7.34. The Hall–Kier alpha value is -3.43. The molecular weight excluding hydrogens is 334 g/mol. The Morgan fingerprint density at radius 1 is 1.28 bits per heavy atom. The third kappa shape index (κ3) is 5.03. The summed E-state index contributed by atoms with van der Waals surface area (Å²) in [5.74, 6) is -1.24. The number of hydrogen-bond acceptors (Lipinski definition) is 6. The van der Waals surface area contributed by atoms with Gasteiger partial charge in [-0.15, -0.1) is 0 Å². The largest absolute Gasteiger partial charge is 0.494 e. The number of urea groups is 1. The van der Waals surface area contributed by atoms with Gasteiger partial charge in [0.05, 0.1) is 17.1 Å². The van der Waals surface area contributed by atoms with E-state index in [4.69, 9.17) is 9.84 Å². The number of nitrogens with one attached hydrogen (secondary N) is 2. The molecular formula is C15H15N3O7. The second kappa shape index (κ2) is 7.90. The van der Waals surface area contributed by atoms with Crippen molar-refractivity contribution in [2.24, 2.45) is 0 Å². The maximum atomic E-state index is 11.5. The highest BCUT2D eigenvalue weighted by atomic mass is 16.6. The van der Waals surface area contributed by atoms with Crippen LogP contribution in [0.25, 0.3) is 6.08 Å². The molecule has 10 nitrogen and oxygen atoms in total. The van der Waals surface area contributed by atoms with Crippen LogP contribution in [0.3, 0.4) is 0 Å². The van der Waals surface area contributed by atoms with Gasteiger partial charge in [0.1, 0.15) is 11.4 Å². The molecule has 1 aliphatic rings. The highest BCUT2D eigenvalue weighted by Gasteiger charge is 2.24. The summed E-state index contributed by atoms with van der Waals surface area (Å²) in [6, 6.07) is 3.31. The van der Waals surface area contributed by atoms with Crippen molar-refractivity contribution in [1.82, 2.24) is 10.6 Å². The fraction of sp³-hybridized carbons (Fsp3) is 0.267. The molecule has 1 fully saturated rings. The zero-order valence-corrected chi connectivity index (χ0v) is 13.0. The molecule has 1 aromatic carbocycles. The van der Waals surface area contributed by atoms with Crippen molar-refractivity contribution in [2.45, 2.75) is 19.3 Å². The summed E-state index contributed by atoms with van der Waals surface area (Å²) in [7, 11) is 0. The summed E-state index contributed by atoms with van der Waals surface area (Å²) < 4.78 is 5.44. The van der Waals surface area contributed by atoms with Gasteiger partial charge in [0.15, 0.2) is 0 Å². The molecule has 1 aliphatic heterocycles. The molecule has 0 spiro atoms. The van der Waals surface area contributed by atoms with E-state index in [-0.39, 0.29) is 30.0 Å². The Morgan fingerprint density at radius 3 is 2.64 bits per heavy atom. The van der Waals surface area contributed by atoms with E-state index in [0.717, 1.165) is 0 Å². The minimum atomic E-state index is -0.888. The topological polar surface area (TPSA) is 148 Å². The first-order valence-electron chi connectivity index (χ1n) is 7.34. The van der Waals surface area contributed by atoms with Gasteiger partial charge >= 0.3 is 12.0 Å². The van der Waals surface area contributed by atoms with Crippen LogP contribution in [0, 0.1) is 10.1 Å². The molecule has 2 rings (SSSR count). The predicted molar refractivity (Wildman–Crippen MR) is 84.7 cm³/mol. The molecule has 0 radical (unpaired) electrons. The van der Waals surface area contributed by atoms with Crippen LogP contribution in [0.4, 0.5) is 10.5 Å². The maximum absolute atomic E-state index is 11.5. The van der Waals surface area contributed by atoms with Crippen LogP contribution in [0.15, 0.2) is 23.9 Å². The number of nitro groups is 1. The van der Waals surface area contributed by atoms with Crippen molar-refractivity contribution in [3.8, 4) is 5.75 Å². The van der Waals surface area contributed by atoms with Gasteiger partial charge in [-0.2, -0.15) is 0 Å². The van der Waals surface area contributed by atoms with Crippen LogP contribution in [-0.2, 0) is 9.59 Å². The zero-order chi connectivity index (χ0) is 18.4. The number of unbranched alkanes of at least 4 members (excludes halogenated alkanes) is 1. The van der Waals surface area contributed by atoms with E-state index in [2.05, 4.69) is 5.32 Å². The number of rotatable bonds is 8. The van der Waals surface area contributed by atoms with Gasteiger partial charge in [-0.25, -0.2) is 4.79 Å². The van der Waals surface area contributed by atoms with Gasteiger partial charge in [0, 0.05) is 12.5 Å². The second-order valence-corrected chi connectivity index (χ2v) is 5.14. The Kier molecular flexibility index (Phi) is 5.66. The lowest BCUT2D eigenvalue weighted by molar-refractivity contribution is -0.385. The SMILES string of the molecule is O=C(O)CCCCOc1ccc([N+](=O)[O-])c(/C=C2/NC(=O)NC2=O)c1. The average molecular weight is 349 g/mol. The van der Waals surface area contributed by atoms with Crippen molar-refractivity contribution in [3.63, 3.8) is 0 Å². The molecule has 25 heavy (non-hydrogen) atoms. The van der Waals surface area contributed by atoms with Crippen LogP contribution >= 0.6 is 0 Å². The standard InChI is InChI=1S/C15H15N3O7/c19-13(20)3-1-2-6-25-10-4-5-12(18(23)24)9(7-10)8-11-14(21)17-15(22)16-11/h4-5,7-8H,1-3,6H2,(H,19,20)(H2,16,17,21,22)/b11-8+. The normalized spacial score (nSPS) is 15.0. The van der Waals surface area contributed by atoms with Crippen molar-refractivity contribution in [2.75, 3.05) is 6.61 Å². The van der Waals surface area contributed by atoms with Gasteiger partial charge in [0.2, 0.25) is 0 Å². The van der Waals surface area contributed by atoms with E-state index in [9.17, 15) is 24.5 Å². The molecule has 0 atom stereocenters. The molecule has 10 heteroatoms. The molecule has 3 N–H and O–H groups in total. The van der Waals surface area contributed by atoms with Crippen LogP contribution in [0.5, 0.6) is 5.75 Å². The summed E-state index contributed by atoms with van der Waals surface area (Å²) in [6.45, 7) is 0.248. The fourth-order valence-corrected chi connectivity index (χ4v) is 2.11. The van der Waals surface area contributed by atoms with E-state index in [1.54, 1.807) is 0 Å². The van der Waals surface area contributed by atoms with E-state index in [1.165, 1.54) is 24.3 Å². The molecule has 0 saturated carbocycles. The van der Waals surface area contributed by atoms with Crippen LogP contribution in [0.2, 0.25) is 0 Å². The average Bonchev–Trinajstić information content (AvgIpc) is 2.84. The van der Waals surface area contributed by atoms with Crippen molar-refractivity contribution in [1.29, 1.82) is 0 Å². The number of benzene rings is 1. The lowest BCUT2D eigenvalue weighted by atomic mass is 10.1. The summed E-state index contributed by atoms with van der Waals surface area (Å²) in [4.78, 5) is 43.6. The Bertz CT molecular complexity index is 757. The first kappa shape index (κ1) is 17.9. The van der Waals surface area contributed by atoms with Crippen molar-refractivity contribution < 1.29 is 29.2 Å². The van der Waals surface area contributed by atoms with Gasteiger partial charge in [-0.05, 0) is 31.1 Å². The summed E-state index contributed by atoms with van der Waals surface area (Å²) in [6.07, 6.45) is 2.19. The number of carbonyl (C=O) groups is 3. The zero-order valence-electron chi connectivity index (χ0n) is 13.0. The number of carboxylic acids is 1. The minimum Gasteiger partial charge on any atom is -0.494 e. The second-order valence-electron chi connectivity index (χ2n) is 5.14. The fourth-order valence-electron chi connectivity index (χ4n) is 2.11. The van der Waals surface area contributed by atoms with E-state index < -0.39 is 22.8 Å². The highest BCUT2D eigenvalue weighted by Crippen LogP contribution is 2.26. The molecule has 0 bridgehead atoms. The summed E-state index contributed by atoms with van der Waals surface area (Å²) >= 11 is 0. The monoisotopic (exact) mass is 349 g/mol. The number of nitrogens with zero attached hydrogens (tertiary/aromatic N) is 1. The third-order valence-electron chi connectivity index (χ3n) is 3.27. The molecule has 0 unspecified atom stereocenters. The minimum absolute atomic E-state index is 0.0375. The number of nitro benzene ring substituents is 1. The van der Waals surface area contributed by atoms with Crippen molar-refractivity contribution >= 4 is 29.7 Å². The first-order chi connectivity index (χ1) is 11.9. The molecule has 3 amide bonds. The lowest BCUT2D eigenvalue weighted by Gasteiger charge is -2.07. The molecule has 1 heterocycles. The number of ether oxygens (including phenoxy) is 1. The maximum Gasteiger partial charge on any atom is 0.326 e. The Balaban J connectivity index is 2.12. The highest BCUT2D eigenvalue weighted by molar-refractivity contribution is 6.14. The van der Waals surface area contributed by atoms with Gasteiger partial charge in [-0.1, -0.05) is 0 Å². The summed E-state index contributed by atoms with van der Waals surface area (Å²) in [5, 5.41) is 23.9. The molecule has 0 aromatic heterocycles. The predicted octanol–water partition coefficient (Wildman–Crippen LogP) is 1.41. The van der Waals surface area contributed by atoms with Crippen molar-refractivity contribution in [3.05, 3.63) is 39.6 Å². The van der Waals surface area contributed by atoms with Crippen LogP contribution in [-0.4, -0.2) is 34.5 Å². The van der Waals surface area contributed by atoms with Gasteiger partial charge in [-0.3, -0.25) is 25.0 Å².